The Morgan fingerprint density at radius 2 is 1.79 bits per heavy atom. The minimum absolute atomic E-state index is 0.177. The second kappa shape index (κ2) is 5.55. The Morgan fingerprint density at radius 3 is 2.42 bits per heavy atom. The van der Waals surface area contributed by atoms with Gasteiger partial charge in [-0.25, -0.2) is 0 Å². The van der Waals surface area contributed by atoms with Crippen molar-refractivity contribution < 1.29 is 8.42 Å². The van der Waals surface area contributed by atoms with Gasteiger partial charge >= 0.3 is 0 Å². The zero-order valence-electron chi connectivity index (χ0n) is 10.2. The molecule has 0 radical (unpaired) electrons. The van der Waals surface area contributed by atoms with Crippen LogP contribution in [0.2, 0.25) is 5.02 Å². The van der Waals surface area contributed by atoms with Gasteiger partial charge in [0.25, 0.3) is 10.0 Å². The number of sulfonamides is 1. The summed E-state index contributed by atoms with van der Waals surface area (Å²) in [7, 11) is -3.66. The van der Waals surface area contributed by atoms with Gasteiger partial charge in [0.1, 0.15) is 0 Å². The van der Waals surface area contributed by atoms with Gasteiger partial charge < -0.3 is 0 Å². The summed E-state index contributed by atoms with van der Waals surface area (Å²) in [6.45, 7) is 1.89. The monoisotopic (exact) mass is 293 g/mol. The molecule has 0 aliphatic carbocycles. The highest BCUT2D eigenvalue weighted by molar-refractivity contribution is 7.90. The minimum Gasteiger partial charge on any atom is -0.199 e. The second-order valence-electron chi connectivity index (χ2n) is 4.08. The summed E-state index contributed by atoms with van der Waals surface area (Å²) in [5.41, 5.74) is 1.64. The fraction of sp³-hybridized carbons (Fsp3) is 0.0714. The summed E-state index contributed by atoms with van der Waals surface area (Å²) in [6.07, 6.45) is 1.29. The molecule has 0 atom stereocenters. The van der Waals surface area contributed by atoms with Crippen LogP contribution in [0.4, 0.5) is 0 Å². The van der Waals surface area contributed by atoms with E-state index in [2.05, 4.69) is 4.40 Å². The van der Waals surface area contributed by atoms with Crippen molar-refractivity contribution in [1.82, 2.24) is 0 Å². The molecule has 0 amide bonds. The first-order chi connectivity index (χ1) is 8.97. The van der Waals surface area contributed by atoms with E-state index in [1.807, 2.05) is 6.92 Å². The number of hydrogen-bond acceptors (Lipinski definition) is 2. The van der Waals surface area contributed by atoms with Gasteiger partial charge in [-0.1, -0.05) is 41.4 Å². The fourth-order valence-corrected chi connectivity index (χ4v) is 2.55. The van der Waals surface area contributed by atoms with Crippen LogP contribution in [-0.4, -0.2) is 14.6 Å². The maximum atomic E-state index is 12.0. The lowest BCUT2D eigenvalue weighted by molar-refractivity contribution is 0.598. The van der Waals surface area contributed by atoms with Crippen LogP contribution in [-0.2, 0) is 10.0 Å². The largest absolute Gasteiger partial charge is 0.282 e. The Balaban J connectivity index is 2.29. The Kier molecular flexibility index (Phi) is 4.02. The molecule has 0 N–H and O–H groups in total. The lowest BCUT2D eigenvalue weighted by atomic mass is 10.2. The predicted molar refractivity (Wildman–Crippen MR) is 77.4 cm³/mol. The van der Waals surface area contributed by atoms with Crippen molar-refractivity contribution in [1.29, 1.82) is 0 Å². The number of benzene rings is 2. The summed E-state index contributed by atoms with van der Waals surface area (Å²) in [4.78, 5) is 0.177. The summed E-state index contributed by atoms with van der Waals surface area (Å²) in [5.74, 6) is 0. The molecule has 98 valence electrons. The molecule has 0 aromatic heterocycles. The Hall–Kier alpha value is -1.65. The number of halogens is 1. The molecule has 2 aromatic rings. The Labute approximate surface area is 117 Å². The van der Waals surface area contributed by atoms with Crippen molar-refractivity contribution in [3.63, 3.8) is 0 Å². The molecule has 5 heteroatoms. The van der Waals surface area contributed by atoms with E-state index >= 15 is 0 Å². The fourth-order valence-electron chi connectivity index (χ4n) is 1.49. The Morgan fingerprint density at radius 1 is 1.11 bits per heavy atom. The molecule has 0 aliphatic rings. The minimum atomic E-state index is -3.66. The van der Waals surface area contributed by atoms with Gasteiger partial charge in [0.05, 0.1) is 4.90 Å². The average Bonchev–Trinajstić information content (AvgIpc) is 2.37. The third-order valence-electron chi connectivity index (χ3n) is 2.51. The quantitative estimate of drug-likeness (QED) is 0.814. The summed E-state index contributed by atoms with van der Waals surface area (Å²) < 4.78 is 27.6. The highest BCUT2D eigenvalue weighted by atomic mass is 35.5. The summed E-state index contributed by atoms with van der Waals surface area (Å²) in [5, 5.41) is 0.539. The van der Waals surface area contributed by atoms with E-state index in [1.165, 1.54) is 6.21 Å². The number of rotatable bonds is 3. The SMILES string of the molecule is Cc1ccc(S(=O)(=O)/N=C\c2cccc(Cl)c2)cc1. The topological polar surface area (TPSA) is 46.5 Å². The lowest BCUT2D eigenvalue weighted by Crippen LogP contribution is -1.97. The molecule has 19 heavy (non-hydrogen) atoms. The predicted octanol–water partition coefficient (Wildman–Crippen LogP) is 3.46. The van der Waals surface area contributed by atoms with Crippen LogP contribution < -0.4 is 0 Å². The van der Waals surface area contributed by atoms with E-state index in [-0.39, 0.29) is 4.90 Å². The van der Waals surface area contributed by atoms with Crippen LogP contribution >= 0.6 is 11.6 Å². The molecule has 0 aliphatic heterocycles. The summed E-state index contributed by atoms with van der Waals surface area (Å²) >= 11 is 5.82. The van der Waals surface area contributed by atoms with Crippen LogP contribution in [0.3, 0.4) is 0 Å². The molecule has 0 heterocycles. The second-order valence-corrected chi connectivity index (χ2v) is 6.15. The number of nitrogens with zero attached hydrogens (tertiary/aromatic N) is 1. The van der Waals surface area contributed by atoms with Crippen LogP contribution in [0.25, 0.3) is 0 Å². The van der Waals surface area contributed by atoms with E-state index < -0.39 is 10.0 Å². The van der Waals surface area contributed by atoms with Crippen molar-refractivity contribution in [2.45, 2.75) is 11.8 Å². The first-order valence-corrected chi connectivity index (χ1v) is 7.42. The maximum Gasteiger partial charge on any atom is 0.282 e. The van der Waals surface area contributed by atoms with Gasteiger partial charge in [0.2, 0.25) is 0 Å². The van der Waals surface area contributed by atoms with Gasteiger partial charge in [0, 0.05) is 11.2 Å². The zero-order chi connectivity index (χ0) is 13.9. The van der Waals surface area contributed by atoms with E-state index in [9.17, 15) is 8.42 Å². The molecule has 0 bridgehead atoms. The van der Waals surface area contributed by atoms with E-state index in [4.69, 9.17) is 11.6 Å². The van der Waals surface area contributed by atoms with Crippen LogP contribution in [0.1, 0.15) is 11.1 Å². The van der Waals surface area contributed by atoms with Gasteiger partial charge in [-0.2, -0.15) is 12.8 Å². The highest BCUT2D eigenvalue weighted by Gasteiger charge is 2.10. The molecule has 2 rings (SSSR count). The lowest BCUT2D eigenvalue weighted by Gasteiger charge is -1.99. The van der Waals surface area contributed by atoms with Crippen molar-refractivity contribution in [3.05, 3.63) is 64.7 Å². The van der Waals surface area contributed by atoms with Crippen molar-refractivity contribution in [3.8, 4) is 0 Å². The standard InChI is InChI=1S/C14H12ClNO2S/c1-11-5-7-14(8-6-11)19(17,18)16-10-12-3-2-4-13(15)9-12/h2-10H,1H3/b16-10-. The van der Waals surface area contributed by atoms with Gasteiger partial charge in [-0.15, -0.1) is 0 Å². The first kappa shape index (κ1) is 13.8. The third-order valence-corrected chi connectivity index (χ3v) is 3.99. The van der Waals surface area contributed by atoms with Crippen molar-refractivity contribution in [2.75, 3.05) is 0 Å². The van der Waals surface area contributed by atoms with Crippen LogP contribution in [0, 0.1) is 6.92 Å². The van der Waals surface area contributed by atoms with Gasteiger partial charge in [0.15, 0.2) is 0 Å². The molecule has 3 nitrogen and oxygen atoms in total. The van der Waals surface area contributed by atoms with E-state index in [0.29, 0.717) is 10.6 Å². The Bertz CT molecular complexity index is 706. The number of hydrogen-bond donors (Lipinski definition) is 0. The van der Waals surface area contributed by atoms with E-state index in [0.717, 1.165) is 5.56 Å². The average molecular weight is 294 g/mol. The molecule has 0 saturated carbocycles. The van der Waals surface area contributed by atoms with Gasteiger partial charge in [-0.05, 0) is 36.8 Å². The van der Waals surface area contributed by atoms with Gasteiger partial charge in [-0.3, -0.25) is 0 Å². The van der Waals surface area contributed by atoms with Crippen molar-refractivity contribution >= 4 is 27.8 Å². The van der Waals surface area contributed by atoms with Crippen molar-refractivity contribution in [2.24, 2.45) is 4.40 Å². The third kappa shape index (κ3) is 3.66. The summed E-state index contributed by atoms with van der Waals surface area (Å²) in [6, 6.07) is 13.4. The number of aryl methyl sites for hydroxylation is 1. The van der Waals surface area contributed by atoms with Crippen LogP contribution in [0.15, 0.2) is 57.8 Å². The highest BCUT2D eigenvalue weighted by Crippen LogP contribution is 2.14. The molecule has 0 fully saturated rings. The molecular weight excluding hydrogens is 282 g/mol. The molecule has 0 saturated heterocycles. The first-order valence-electron chi connectivity index (χ1n) is 5.60. The maximum absolute atomic E-state index is 12.0. The molecule has 0 spiro atoms. The van der Waals surface area contributed by atoms with E-state index in [1.54, 1.807) is 48.5 Å². The smallest absolute Gasteiger partial charge is 0.199 e. The van der Waals surface area contributed by atoms with Crippen LogP contribution in [0.5, 0.6) is 0 Å². The molecule has 0 unspecified atom stereocenters. The molecular formula is C14H12ClNO2S. The normalized spacial score (nSPS) is 11.9. The molecule has 2 aromatic carbocycles. The zero-order valence-corrected chi connectivity index (χ0v) is 11.8.